The van der Waals surface area contributed by atoms with Crippen LogP contribution in [0.25, 0.3) is 0 Å². The van der Waals surface area contributed by atoms with Crippen LogP contribution in [0.15, 0.2) is 36.4 Å². The Morgan fingerprint density at radius 1 is 0.773 bits per heavy atom. The number of rotatable bonds is 7. The molecular weight excluding hydrogens is 280 g/mol. The third-order valence-corrected chi connectivity index (χ3v) is 3.48. The molecule has 118 valence electrons. The summed E-state index contributed by atoms with van der Waals surface area (Å²) in [5.41, 5.74) is 14.1. The first-order valence-corrected chi connectivity index (χ1v) is 7.29. The highest BCUT2D eigenvalue weighted by Gasteiger charge is 2.01. The number of nitrogens with two attached hydrogens (primary N) is 2. The number of nitrogen functional groups attached to an aromatic ring is 2. The number of hydrogen-bond acceptors (Lipinski definition) is 5. The molecule has 0 bridgehead atoms. The number of aromatic hydroxyl groups is 2. The van der Waals surface area contributed by atoms with Crippen LogP contribution >= 0.6 is 0 Å². The van der Waals surface area contributed by atoms with Gasteiger partial charge in [0.25, 0.3) is 0 Å². The Morgan fingerprint density at radius 3 is 2.23 bits per heavy atom. The summed E-state index contributed by atoms with van der Waals surface area (Å²) in [5.74, 6) is 0.231. The number of phenolic OH excluding ortho intramolecular Hbond substituents is 2. The van der Waals surface area contributed by atoms with Crippen LogP contribution < -0.4 is 11.5 Å². The third kappa shape index (κ3) is 4.56. The van der Waals surface area contributed by atoms with Crippen LogP contribution in [0.5, 0.6) is 11.5 Å². The first-order valence-electron chi connectivity index (χ1n) is 7.29. The van der Waals surface area contributed by atoms with Crippen molar-refractivity contribution in [2.75, 3.05) is 24.7 Å². The maximum absolute atomic E-state index is 9.51. The number of phenols is 2. The van der Waals surface area contributed by atoms with Gasteiger partial charge in [0.15, 0.2) is 0 Å². The first-order chi connectivity index (χ1) is 10.6. The summed E-state index contributed by atoms with van der Waals surface area (Å²) in [6, 6.07) is 10.5. The van der Waals surface area contributed by atoms with Gasteiger partial charge in [0, 0.05) is 6.61 Å². The molecule has 0 amide bonds. The lowest BCUT2D eigenvalue weighted by Crippen LogP contribution is -2.02. The van der Waals surface area contributed by atoms with Crippen molar-refractivity contribution in [2.45, 2.75) is 19.3 Å². The summed E-state index contributed by atoms with van der Waals surface area (Å²) in [6.45, 7) is 1.25. The average molecular weight is 302 g/mol. The second kappa shape index (κ2) is 7.56. The van der Waals surface area contributed by atoms with Crippen LogP contribution in [0.4, 0.5) is 11.4 Å². The fourth-order valence-electron chi connectivity index (χ4n) is 2.17. The topological polar surface area (TPSA) is 102 Å². The third-order valence-electron chi connectivity index (χ3n) is 3.48. The van der Waals surface area contributed by atoms with Crippen molar-refractivity contribution >= 4 is 11.4 Å². The molecule has 0 spiro atoms. The molecule has 0 fully saturated rings. The van der Waals surface area contributed by atoms with Gasteiger partial charge in [0.2, 0.25) is 0 Å². The van der Waals surface area contributed by atoms with Crippen molar-refractivity contribution in [3.63, 3.8) is 0 Å². The highest BCUT2D eigenvalue weighted by Crippen LogP contribution is 2.22. The SMILES string of the molecule is Nc1cc(CCCOCCc2ccc(N)c(O)c2)ccc1O. The van der Waals surface area contributed by atoms with Crippen LogP contribution in [-0.4, -0.2) is 23.4 Å². The molecule has 2 rings (SSSR count). The number of anilines is 2. The first kappa shape index (κ1) is 16.0. The van der Waals surface area contributed by atoms with Crippen molar-refractivity contribution in [1.82, 2.24) is 0 Å². The summed E-state index contributed by atoms with van der Waals surface area (Å²) in [7, 11) is 0. The molecule has 22 heavy (non-hydrogen) atoms. The molecule has 0 saturated carbocycles. The molecule has 0 aromatic heterocycles. The van der Waals surface area contributed by atoms with E-state index in [1.807, 2.05) is 12.1 Å². The zero-order valence-electron chi connectivity index (χ0n) is 12.5. The molecule has 0 aliphatic rings. The van der Waals surface area contributed by atoms with Crippen LogP contribution in [-0.2, 0) is 17.6 Å². The Hall–Kier alpha value is -2.40. The molecule has 0 atom stereocenters. The van der Waals surface area contributed by atoms with Gasteiger partial charge < -0.3 is 26.4 Å². The summed E-state index contributed by atoms with van der Waals surface area (Å²) >= 11 is 0. The van der Waals surface area contributed by atoms with E-state index in [1.165, 1.54) is 0 Å². The van der Waals surface area contributed by atoms with Crippen molar-refractivity contribution in [2.24, 2.45) is 0 Å². The number of ether oxygens (including phenoxy) is 1. The molecule has 2 aromatic carbocycles. The van der Waals surface area contributed by atoms with Crippen LogP contribution in [0.2, 0.25) is 0 Å². The quantitative estimate of drug-likeness (QED) is 0.357. The number of aryl methyl sites for hydroxylation is 1. The normalized spacial score (nSPS) is 10.7. The summed E-state index contributed by atoms with van der Waals surface area (Å²) in [5, 5.41) is 18.9. The lowest BCUT2D eigenvalue weighted by Gasteiger charge is -2.07. The predicted molar refractivity (Wildman–Crippen MR) is 87.9 cm³/mol. The lowest BCUT2D eigenvalue weighted by molar-refractivity contribution is 0.135. The van der Waals surface area contributed by atoms with Crippen LogP contribution in [0, 0.1) is 0 Å². The summed E-state index contributed by atoms with van der Waals surface area (Å²) in [6.07, 6.45) is 2.48. The highest BCUT2D eigenvalue weighted by atomic mass is 16.5. The van der Waals surface area contributed by atoms with Crippen LogP contribution in [0.3, 0.4) is 0 Å². The highest BCUT2D eigenvalue weighted by molar-refractivity contribution is 5.53. The van der Waals surface area contributed by atoms with Gasteiger partial charge in [-0.3, -0.25) is 0 Å². The van der Waals surface area contributed by atoms with Crippen molar-refractivity contribution in [3.05, 3.63) is 47.5 Å². The van der Waals surface area contributed by atoms with Crippen LogP contribution in [0.1, 0.15) is 17.5 Å². The largest absolute Gasteiger partial charge is 0.506 e. The van der Waals surface area contributed by atoms with E-state index in [0.717, 1.165) is 30.4 Å². The average Bonchev–Trinajstić information content (AvgIpc) is 2.50. The zero-order valence-corrected chi connectivity index (χ0v) is 12.5. The van der Waals surface area contributed by atoms with Gasteiger partial charge in [-0.15, -0.1) is 0 Å². The van der Waals surface area contributed by atoms with E-state index >= 15 is 0 Å². The monoisotopic (exact) mass is 302 g/mol. The fourth-order valence-corrected chi connectivity index (χ4v) is 2.17. The van der Waals surface area contributed by atoms with Gasteiger partial charge in [-0.1, -0.05) is 12.1 Å². The Balaban J connectivity index is 1.65. The molecule has 0 unspecified atom stereocenters. The maximum atomic E-state index is 9.51. The Bertz CT molecular complexity index is 574. The van der Waals surface area contributed by atoms with E-state index in [1.54, 1.807) is 24.3 Å². The minimum atomic E-state index is 0.113. The summed E-state index contributed by atoms with van der Waals surface area (Å²) in [4.78, 5) is 0. The molecule has 0 aliphatic heterocycles. The molecular formula is C17H22N2O3. The van der Waals surface area contributed by atoms with Crippen molar-refractivity contribution in [3.8, 4) is 11.5 Å². The lowest BCUT2D eigenvalue weighted by atomic mass is 10.1. The second-order valence-corrected chi connectivity index (χ2v) is 5.25. The predicted octanol–water partition coefficient (Wildman–Crippen LogP) is 2.45. The standard InChI is InChI=1S/C17H22N2O3/c18-14-5-3-13(11-17(14)21)7-9-22-8-1-2-12-4-6-16(20)15(19)10-12/h3-6,10-11,20-21H,1-2,7-9,18-19H2. The Morgan fingerprint density at radius 2 is 1.50 bits per heavy atom. The zero-order chi connectivity index (χ0) is 15.9. The van der Waals surface area contributed by atoms with E-state index in [0.29, 0.717) is 24.6 Å². The van der Waals surface area contributed by atoms with E-state index in [4.69, 9.17) is 16.2 Å². The Labute approximate surface area is 130 Å². The number of benzene rings is 2. The van der Waals surface area contributed by atoms with E-state index in [9.17, 15) is 10.2 Å². The van der Waals surface area contributed by atoms with E-state index in [-0.39, 0.29) is 11.5 Å². The molecule has 5 nitrogen and oxygen atoms in total. The number of hydrogen-bond donors (Lipinski definition) is 4. The molecule has 0 heterocycles. The molecule has 2 aromatic rings. The minimum Gasteiger partial charge on any atom is -0.506 e. The van der Waals surface area contributed by atoms with Gasteiger partial charge in [-0.05, 0) is 54.7 Å². The smallest absolute Gasteiger partial charge is 0.138 e. The van der Waals surface area contributed by atoms with Gasteiger partial charge in [-0.2, -0.15) is 0 Å². The van der Waals surface area contributed by atoms with E-state index in [2.05, 4.69) is 0 Å². The molecule has 0 radical (unpaired) electrons. The summed E-state index contributed by atoms with van der Waals surface area (Å²) < 4.78 is 5.59. The molecule has 5 heteroatoms. The second-order valence-electron chi connectivity index (χ2n) is 5.25. The fraction of sp³-hybridized carbons (Fsp3) is 0.294. The van der Waals surface area contributed by atoms with Gasteiger partial charge in [-0.25, -0.2) is 0 Å². The van der Waals surface area contributed by atoms with E-state index < -0.39 is 0 Å². The van der Waals surface area contributed by atoms with Crippen molar-refractivity contribution < 1.29 is 14.9 Å². The van der Waals surface area contributed by atoms with Gasteiger partial charge in [0.1, 0.15) is 11.5 Å². The molecule has 0 saturated heterocycles. The minimum absolute atomic E-state index is 0.113. The molecule has 6 N–H and O–H groups in total. The van der Waals surface area contributed by atoms with Crippen molar-refractivity contribution in [1.29, 1.82) is 0 Å². The van der Waals surface area contributed by atoms with Gasteiger partial charge in [0.05, 0.1) is 18.0 Å². The molecule has 0 aliphatic carbocycles. The maximum Gasteiger partial charge on any atom is 0.138 e. The Kier molecular flexibility index (Phi) is 5.49. The van der Waals surface area contributed by atoms with Gasteiger partial charge >= 0.3 is 0 Å².